The number of hydrogen-bond acceptors (Lipinski definition) is 2. The summed E-state index contributed by atoms with van der Waals surface area (Å²) in [6.45, 7) is 5.37. The molecule has 14 heavy (non-hydrogen) atoms. The van der Waals surface area contributed by atoms with E-state index in [-0.39, 0.29) is 5.91 Å². The third kappa shape index (κ3) is 2.58. The molecule has 4 heteroatoms. The van der Waals surface area contributed by atoms with Crippen molar-refractivity contribution in [2.75, 3.05) is 7.05 Å². The number of hydrogen-bond donors (Lipinski definition) is 0. The van der Waals surface area contributed by atoms with E-state index in [9.17, 15) is 4.79 Å². The zero-order valence-corrected chi connectivity index (χ0v) is 9.03. The van der Waals surface area contributed by atoms with Gasteiger partial charge in [-0.25, -0.2) is 0 Å². The van der Waals surface area contributed by atoms with Gasteiger partial charge in [0.15, 0.2) is 0 Å². The molecule has 1 amide bonds. The first-order chi connectivity index (χ1) is 6.67. The molecule has 0 saturated heterocycles. The van der Waals surface area contributed by atoms with Gasteiger partial charge in [0.25, 0.3) is 0 Å². The largest absolute Gasteiger partial charge is 0.340 e. The van der Waals surface area contributed by atoms with Crippen molar-refractivity contribution in [3.8, 4) is 0 Å². The summed E-state index contributed by atoms with van der Waals surface area (Å²) in [6, 6.07) is 1.95. The lowest BCUT2D eigenvalue weighted by atomic mass is 10.3. The van der Waals surface area contributed by atoms with E-state index in [0.29, 0.717) is 13.0 Å². The van der Waals surface area contributed by atoms with Gasteiger partial charge in [-0.15, -0.1) is 0 Å². The number of carbonyl (C=O) groups excluding carboxylic acids is 1. The fraction of sp³-hybridized carbons (Fsp3) is 0.600. The summed E-state index contributed by atoms with van der Waals surface area (Å²) in [7, 11) is 1.80. The Kier molecular flexibility index (Phi) is 3.68. The van der Waals surface area contributed by atoms with Crippen LogP contribution in [-0.2, 0) is 17.9 Å². The SMILES string of the molecule is CCC(=O)N(C)Cc1ccn(CC)n1. The van der Waals surface area contributed by atoms with Crippen LogP contribution in [0.25, 0.3) is 0 Å². The number of aromatic nitrogens is 2. The maximum atomic E-state index is 11.3. The minimum absolute atomic E-state index is 0.149. The molecule has 0 spiro atoms. The van der Waals surface area contributed by atoms with Crippen molar-refractivity contribution in [2.45, 2.75) is 33.4 Å². The Morgan fingerprint density at radius 3 is 2.79 bits per heavy atom. The fourth-order valence-electron chi connectivity index (χ4n) is 1.27. The van der Waals surface area contributed by atoms with Crippen LogP contribution in [0.5, 0.6) is 0 Å². The molecule has 0 aliphatic heterocycles. The first-order valence-electron chi connectivity index (χ1n) is 4.93. The zero-order chi connectivity index (χ0) is 10.6. The highest BCUT2D eigenvalue weighted by Gasteiger charge is 2.07. The third-order valence-corrected chi connectivity index (χ3v) is 2.15. The molecule has 0 unspecified atom stereocenters. The second kappa shape index (κ2) is 4.79. The summed E-state index contributed by atoms with van der Waals surface area (Å²) in [6.07, 6.45) is 2.48. The maximum absolute atomic E-state index is 11.3. The quantitative estimate of drug-likeness (QED) is 0.725. The van der Waals surface area contributed by atoms with Crippen LogP contribution in [0.1, 0.15) is 26.0 Å². The van der Waals surface area contributed by atoms with Crippen molar-refractivity contribution in [2.24, 2.45) is 0 Å². The molecule has 0 bridgehead atoms. The fourth-order valence-corrected chi connectivity index (χ4v) is 1.27. The summed E-state index contributed by atoms with van der Waals surface area (Å²) in [4.78, 5) is 13.0. The molecule has 1 rings (SSSR count). The van der Waals surface area contributed by atoms with Gasteiger partial charge in [0.2, 0.25) is 5.91 Å². The van der Waals surface area contributed by atoms with Crippen LogP contribution < -0.4 is 0 Å². The molecular weight excluding hydrogens is 178 g/mol. The first-order valence-corrected chi connectivity index (χ1v) is 4.93. The molecule has 0 fully saturated rings. The van der Waals surface area contributed by atoms with Gasteiger partial charge in [-0.2, -0.15) is 5.10 Å². The van der Waals surface area contributed by atoms with E-state index in [1.54, 1.807) is 11.9 Å². The van der Waals surface area contributed by atoms with Crippen molar-refractivity contribution < 1.29 is 4.79 Å². The van der Waals surface area contributed by atoms with Crippen LogP contribution >= 0.6 is 0 Å². The Labute approximate surface area is 84.5 Å². The molecule has 0 aliphatic carbocycles. The van der Waals surface area contributed by atoms with Gasteiger partial charge in [-0.05, 0) is 13.0 Å². The van der Waals surface area contributed by atoms with Crippen LogP contribution in [-0.4, -0.2) is 27.6 Å². The zero-order valence-electron chi connectivity index (χ0n) is 9.03. The van der Waals surface area contributed by atoms with E-state index in [1.807, 2.05) is 30.8 Å². The Morgan fingerprint density at radius 1 is 1.57 bits per heavy atom. The van der Waals surface area contributed by atoms with Crippen molar-refractivity contribution >= 4 is 5.91 Å². The second-order valence-corrected chi connectivity index (χ2v) is 3.27. The lowest BCUT2D eigenvalue weighted by Crippen LogP contribution is -2.25. The Hall–Kier alpha value is -1.32. The highest BCUT2D eigenvalue weighted by molar-refractivity contribution is 5.75. The maximum Gasteiger partial charge on any atom is 0.222 e. The van der Waals surface area contributed by atoms with Crippen molar-refractivity contribution in [3.05, 3.63) is 18.0 Å². The average molecular weight is 195 g/mol. The number of rotatable bonds is 4. The van der Waals surface area contributed by atoms with E-state index in [0.717, 1.165) is 12.2 Å². The molecule has 0 aliphatic rings. The molecule has 1 aromatic rings. The lowest BCUT2D eigenvalue weighted by Gasteiger charge is -2.14. The monoisotopic (exact) mass is 195 g/mol. The Balaban J connectivity index is 2.55. The number of nitrogens with zero attached hydrogens (tertiary/aromatic N) is 3. The van der Waals surface area contributed by atoms with E-state index in [4.69, 9.17) is 0 Å². The van der Waals surface area contributed by atoms with Crippen LogP contribution in [0, 0.1) is 0 Å². The summed E-state index contributed by atoms with van der Waals surface area (Å²) in [5.74, 6) is 0.149. The smallest absolute Gasteiger partial charge is 0.222 e. The standard InChI is InChI=1S/C10H17N3O/c1-4-10(14)12(3)8-9-6-7-13(5-2)11-9/h6-7H,4-5,8H2,1-3H3. The number of aryl methyl sites for hydroxylation is 1. The molecule has 0 atom stereocenters. The highest BCUT2D eigenvalue weighted by Crippen LogP contribution is 2.01. The minimum Gasteiger partial charge on any atom is -0.340 e. The second-order valence-electron chi connectivity index (χ2n) is 3.27. The average Bonchev–Trinajstić information content (AvgIpc) is 2.64. The molecule has 78 valence electrons. The summed E-state index contributed by atoms with van der Waals surface area (Å²) >= 11 is 0. The van der Waals surface area contributed by atoms with Gasteiger partial charge in [-0.1, -0.05) is 6.92 Å². The third-order valence-electron chi connectivity index (χ3n) is 2.15. The molecular formula is C10H17N3O. The van der Waals surface area contributed by atoms with E-state index < -0.39 is 0 Å². The van der Waals surface area contributed by atoms with E-state index in [1.165, 1.54) is 0 Å². The molecule has 0 saturated carbocycles. The summed E-state index contributed by atoms with van der Waals surface area (Å²) in [5.41, 5.74) is 0.941. The molecule has 4 nitrogen and oxygen atoms in total. The van der Waals surface area contributed by atoms with Gasteiger partial charge >= 0.3 is 0 Å². The molecule has 1 heterocycles. The Bertz CT molecular complexity index is 306. The number of amides is 1. The van der Waals surface area contributed by atoms with E-state index in [2.05, 4.69) is 5.10 Å². The van der Waals surface area contributed by atoms with Crippen molar-refractivity contribution in [1.29, 1.82) is 0 Å². The van der Waals surface area contributed by atoms with Gasteiger partial charge in [0.1, 0.15) is 0 Å². The van der Waals surface area contributed by atoms with Gasteiger partial charge in [-0.3, -0.25) is 9.48 Å². The summed E-state index contributed by atoms with van der Waals surface area (Å²) in [5, 5.41) is 4.31. The van der Waals surface area contributed by atoms with Crippen molar-refractivity contribution in [3.63, 3.8) is 0 Å². The van der Waals surface area contributed by atoms with Gasteiger partial charge in [0, 0.05) is 26.2 Å². The summed E-state index contributed by atoms with van der Waals surface area (Å²) < 4.78 is 1.86. The topological polar surface area (TPSA) is 38.1 Å². The minimum atomic E-state index is 0.149. The Morgan fingerprint density at radius 2 is 2.29 bits per heavy atom. The molecule has 0 aromatic carbocycles. The van der Waals surface area contributed by atoms with Crippen molar-refractivity contribution in [1.82, 2.24) is 14.7 Å². The normalized spacial score (nSPS) is 10.2. The van der Waals surface area contributed by atoms with Gasteiger partial charge < -0.3 is 4.90 Å². The van der Waals surface area contributed by atoms with Gasteiger partial charge in [0.05, 0.1) is 12.2 Å². The first kappa shape index (κ1) is 10.8. The molecule has 0 radical (unpaired) electrons. The molecule has 1 aromatic heterocycles. The van der Waals surface area contributed by atoms with Crippen LogP contribution in [0.3, 0.4) is 0 Å². The van der Waals surface area contributed by atoms with E-state index >= 15 is 0 Å². The van der Waals surface area contributed by atoms with Crippen LogP contribution in [0.15, 0.2) is 12.3 Å². The predicted molar refractivity (Wildman–Crippen MR) is 54.7 cm³/mol. The lowest BCUT2D eigenvalue weighted by molar-refractivity contribution is -0.130. The van der Waals surface area contributed by atoms with Crippen LogP contribution in [0.2, 0.25) is 0 Å². The number of carbonyl (C=O) groups is 1. The predicted octanol–water partition coefficient (Wildman–Crippen LogP) is 1.27. The highest BCUT2D eigenvalue weighted by atomic mass is 16.2. The van der Waals surface area contributed by atoms with Crippen LogP contribution in [0.4, 0.5) is 0 Å². The molecule has 0 N–H and O–H groups in total.